The van der Waals surface area contributed by atoms with Crippen LogP contribution in [0.2, 0.25) is 0 Å². The summed E-state index contributed by atoms with van der Waals surface area (Å²) in [6.45, 7) is 5.38. The number of benzene rings is 1. The molecule has 0 radical (unpaired) electrons. The summed E-state index contributed by atoms with van der Waals surface area (Å²) < 4.78 is 14.0. The second-order valence-electron chi connectivity index (χ2n) is 5.71. The molecular weight excluding hydrogens is 293 g/mol. The Labute approximate surface area is 117 Å². The Bertz CT molecular complexity index is 397. The van der Waals surface area contributed by atoms with Crippen LogP contribution in [0.1, 0.15) is 38.7 Å². The smallest absolute Gasteiger partial charge is 0.137 e. The van der Waals surface area contributed by atoms with Gasteiger partial charge in [-0.15, -0.1) is 0 Å². The van der Waals surface area contributed by atoms with Gasteiger partial charge in [-0.3, -0.25) is 0 Å². The van der Waals surface area contributed by atoms with E-state index in [-0.39, 0.29) is 5.82 Å². The molecule has 0 aliphatic heterocycles. The highest BCUT2D eigenvalue weighted by Gasteiger charge is 2.23. The Morgan fingerprint density at radius 2 is 1.89 bits per heavy atom. The number of rotatable bonds is 3. The van der Waals surface area contributed by atoms with Gasteiger partial charge in [0.1, 0.15) is 5.82 Å². The highest BCUT2D eigenvalue weighted by atomic mass is 79.9. The van der Waals surface area contributed by atoms with Crippen molar-refractivity contribution in [1.29, 1.82) is 0 Å². The highest BCUT2D eigenvalue weighted by Crippen LogP contribution is 2.29. The molecule has 1 N–H and O–H groups in total. The van der Waals surface area contributed by atoms with Crippen LogP contribution in [0, 0.1) is 17.7 Å². The van der Waals surface area contributed by atoms with E-state index in [0.29, 0.717) is 10.5 Å². The van der Waals surface area contributed by atoms with Crippen molar-refractivity contribution in [1.82, 2.24) is 5.32 Å². The van der Waals surface area contributed by atoms with E-state index in [1.807, 2.05) is 6.07 Å². The third kappa shape index (κ3) is 3.55. The first-order valence-electron chi connectivity index (χ1n) is 6.72. The van der Waals surface area contributed by atoms with Crippen LogP contribution in [-0.2, 0) is 6.54 Å². The van der Waals surface area contributed by atoms with Gasteiger partial charge in [0.25, 0.3) is 0 Å². The van der Waals surface area contributed by atoms with Crippen LogP contribution >= 0.6 is 15.9 Å². The van der Waals surface area contributed by atoms with Gasteiger partial charge in [0.2, 0.25) is 0 Å². The number of hydrogen-bond acceptors (Lipinski definition) is 1. The minimum absolute atomic E-state index is 0.181. The molecule has 1 aliphatic carbocycles. The van der Waals surface area contributed by atoms with Crippen LogP contribution in [0.4, 0.5) is 4.39 Å². The molecule has 3 heteroatoms. The normalized spacial score (nSPS) is 28.3. The third-order valence-corrected chi connectivity index (χ3v) is 4.68. The average Bonchev–Trinajstić information content (AvgIpc) is 2.30. The Kier molecular flexibility index (Phi) is 4.79. The maximum Gasteiger partial charge on any atom is 0.137 e. The van der Waals surface area contributed by atoms with E-state index in [9.17, 15) is 4.39 Å². The van der Waals surface area contributed by atoms with Crippen molar-refractivity contribution in [2.24, 2.45) is 11.8 Å². The molecule has 2 atom stereocenters. The van der Waals surface area contributed by atoms with E-state index in [4.69, 9.17) is 0 Å². The van der Waals surface area contributed by atoms with Crippen molar-refractivity contribution in [2.45, 2.75) is 45.7 Å². The molecule has 0 amide bonds. The molecule has 100 valence electrons. The van der Waals surface area contributed by atoms with Crippen molar-refractivity contribution >= 4 is 15.9 Å². The Hall–Kier alpha value is -0.410. The first-order chi connectivity index (χ1) is 8.56. The molecule has 1 saturated carbocycles. The molecule has 2 unspecified atom stereocenters. The lowest BCUT2D eigenvalue weighted by Crippen LogP contribution is -2.36. The quantitative estimate of drug-likeness (QED) is 0.866. The molecule has 2 rings (SSSR count). The van der Waals surface area contributed by atoms with E-state index in [0.717, 1.165) is 23.9 Å². The van der Waals surface area contributed by atoms with E-state index >= 15 is 0 Å². The summed E-state index contributed by atoms with van der Waals surface area (Å²) in [5.74, 6) is 1.41. The predicted octanol–water partition coefficient (Wildman–Crippen LogP) is 4.50. The fourth-order valence-corrected chi connectivity index (χ4v) is 3.46. The largest absolute Gasteiger partial charge is 0.310 e. The average molecular weight is 314 g/mol. The zero-order valence-electron chi connectivity index (χ0n) is 11.0. The van der Waals surface area contributed by atoms with Crippen LogP contribution in [0.25, 0.3) is 0 Å². The van der Waals surface area contributed by atoms with Crippen LogP contribution in [-0.4, -0.2) is 6.04 Å². The van der Waals surface area contributed by atoms with Crippen molar-refractivity contribution < 1.29 is 4.39 Å². The lowest BCUT2D eigenvalue weighted by Gasteiger charge is -2.32. The lowest BCUT2D eigenvalue weighted by molar-refractivity contribution is 0.238. The molecule has 1 aromatic rings. The maximum atomic E-state index is 13.4. The van der Waals surface area contributed by atoms with Gasteiger partial charge in [-0.05, 0) is 58.7 Å². The van der Waals surface area contributed by atoms with Gasteiger partial charge in [-0.1, -0.05) is 26.0 Å². The van der Waals surface area contributed by atoms with Crippen LogP contribution in [0.5, 0.6) is 0 Å². The minimum atomic E-state index is -0.181. The van der Waals surface area contributed by atoms with Crippen molar-refractivity contribution in [3.05, 3.63) is 34.1 Å². The van der Waals surface area contributed by atoms with Crippen molar-refractivity contribution in [2.75, 3.05) is 0 Å². The van der Waals surface area contributed by atoms with Gasteiger partial charge in [0.05, 0.1) is 4.47 Å². The summed E-state index contributed by atoms with van der Waals surface area (Å²) in [6, 6.07) is 5.79. The summed E-state index contributed by atoms with van der Waals surface area (Å²) in [6.07, 6.45) is 3.80. The van der Waals surface area contributed by atoms with Gasteiger partial charge in [0, 0.05) is 12.6 Å². The maximum absolute atomic E-state index is 13.4. The molecule has 0 aromatic heterocycles. The molecule has 1 aliphatic rings. The summed E-state index contributed by atoms with van der Waals surface area (Å²) in [5, 5.41) is 3.57. The van der Waals surface area contributed by atoms with Crippen molar-refractivity contribution in [3.8, 4) is 0 Å². The van der Waals surface area contributed by atoms with Crippen LogP contribution in [0.15, 0.2) is 22.7 Å². The monoisotopic (exact) mass is 313 g/mol. The zero-order valence-corrected chi connectivity index (χ0v) is 12.6. The first-order valence-corrected chi connectivity index (χ1v) is 7.51. The van der Waals surface area contributed by atoms with Gasteiger partial charge in [-0.2, -0.15) is 0 Å². The van der Waals surface area contributed by atoms with Crippen molar-refractivity contribution in [3.63, 3.8) is 0 Å². The Morgan fingerprint density at radius 1 is 1.22 bits per heavy atom. The van der Waals surface area contributed by atoms with Crippen LogP contribution in [0.3, 0.4) is 0 Å². The van der Waals surface area contributed by atoms with E-state index in [1.54, 1.807) is 6.07 Å². The van der Waals surface area contributed by atoms with E-state index in [2.05, 4.69) is 35.1 Å². The molecule has 0 spiro atoms. The number of halogens is 2. The topological polar surface area (TPSA) is 12.0 Å². The standard InChI is InChI=1S/C15H21BrFN/c1-10-6-11(2)8-13(7-10)18-9-12-4-3-5-14(17)15(12)16/h3-5,10-11,13,18H,6-9H2,1-2H3. The SMILES string of the molecule is CC1CC(C)CC(NCc2cccc(F)c2Br)C1. The minimum Gasteiger partial charge on any atom is -0.310 e. The highest BCUT2D eigenvalue weighted by molar-refractivity contribution is 9.10. The Morgan fingerprint density at radius 3 is 2.56 bits per heavy atom. The van der Waals surface area contributed by atoms with Crippen LogP contribution < -0.4 is 5.32 Å². The van der Waals surface area contributed by atoms with E-state index in [1.165, 1.54) is 25.3 Å². The van der Waals surface area contributed by atoms with Gasteiger partial charge < -0.3 is 5.32 Å². The van der Waals surface area contributed by atoms with Gasteiger partial charge in [-0.25, -0.2) is 4.39 Å². The lowest BCUT2D eigenvalue weighted by atomic mass is 9.80. The fraction of sp³-hybridized carbons (Fsp3) is 0.600. The third-order valence-electron chi connectivity index (χ3n) is 3.79. The number of hydrogen-bond donors (Lipinski definition) is 1. The summed E-state index contributed by atoms with van der Waals surface area (Å²) in [7, 11) is 0. The second kappa shape index (κ2) is 6.16. The fourth-order valence-electron chi connectivity index (χ4n) is 3.05. The predicted molar refractivity (Wildman–Crippen MR) is 76.9 cm³/mol. The molecule has 0 saturated heterocycles. The summed E-state index contributed by atoms with van der Waals surface area (Å²) >= 11 is 3.31. The molecule has 1 fully saturated rings. The molecular formula is C15H21BrFN. The summed E-state index contributed by atoms with van der Waals surface area (Å²) in [5.41, 5.74) is 1.00. The first kappa shape index (κ1) is 14.0. The molecule has 1 nitrogen and oxygen atoms in total. The zero-order chi connectivity index (χ0) is 13.1. The van der Waals surface area contributed by atoms with E-state index < -0.39 is 0 Å². The Balaban J connectivity index is 1.93. The van der Waals surface area contributed by atoms with Gasteiger partial charge >= 0.3 is 0 Å². The molecule has 18 heavy (non-hydrogen) atoms. The molecule has 0 heterocycles. The summed E-state index contributed by atoms with van der Waals surface area (Å²) in [4.78, 5) is 0. The molecule has 1 aromatic carbocycles. The van der Waals surface area contributed by atoms with Gasteiger partial charge in [0.15, 0.2) is 0 Å². The second-order valence-corrected chi connectivity index (χ2v) is 6.50. The number of nitrogens with one attached hydrogen (secondary N) is 1. The molecule has 0 bridgehead atoms.